The van der Waals surface area contributed by atoms with E-state index in [9.17, 15) is 9.59 Å². The Labute approximate surface area is 192 Å². The van der Waals surface area contributed by atoms with E-state index in [1.54, 1.807) is 11.8 Å². The number of hydrogen-bond donors (Lipinski definition) is 0. The molecular formula is C27H25N3O3. The van der Waals surface area contributed by atoms with E-state index in [1.807, 2.05) is 90.4 Å². The fourth-order valence-electron chi connectivity index (χ4n) is 4.53. The number of hydrogen-bond acceptors (Lipinski definition) is 4. The molecule has 1 aliphatic heterocycles. The van der Waals surface area contributed by atoms with Crippen LogP contribution in [0.25, 0.3) is 11.0 Å². The number of esters is 1. The maximum atomic E-state index is 13.9. The Hall–Kier alpha value is -3.93. The van der Waals surface area contributed by atoms with E-state index >= 15 is 0 Å². The van der Waals surface area contributed by atoms with E-state index in [0.29, 0.717) is 12.5 Å². The molecule has 5 rings (SSSR count). The van der Waals surface area contributed by atoms with Crippen LogP contribution < -0.4 is 4.90 Å². The summed E-state index contributed by atoms with van der Waals surface area (Å²) in [5.74, 6) is -1.29. The summed E-state index contributed by atoms with van der Waals surface area (Å²) in [5.41, 5.74) is 4.62. The molecule has 166 valence electrons. The second-order valence-electron chi connectivity index (χ2n) is 8.27. The highest BCUT2D eigenvalue weighted by molar-refractivity contribution is 6.08. The zero-order chi connectivity index (χ0) is 22.9. The first kappa shape index (κ1) is 20.9. The lowest BCUT2D eigenvalue weighted by atomic mass is 9.89. The highest BCUT2D eigenvalue weighted by Gasteiger charge is 2.47. The number of imidazole rings is 1. The number of carbonyl (C=O) groups is 2. The van der Waals surface area contributed by atoms with Crippen LogP contribution in [0.4, 0.5) is 5.95 Å². The minimum atomic E-state index is -1.01. The van der Waals surface area contributed by atoms with Gasteiger partial charge in [0.2, 0.25) is 11.9 Å². The molecule has 6 heteroatoms. The van der Waals surface area contributed by atoms with Gasteiger partial charge in [0.05, 0.1) is 30.2 Å². The minimum Gasteiger partial charge on any atom is -0.465 e. The standard InChI is InChI=1S/C27H25N3O3/c1-3-33-26(32)23-24(20-9-5-4-6-10-20)30-22-12-8-7-11-21(22)28-27(30)29(25(23)31)17-19-15-13-18(2)14-16-19/h4-16,23-24H,3,17H2,1-2H3/t23-,24-/m1/s1. The molecule has 0 unspecified atom stereocenters. The van der Waals surface area contributed by atoms with Crippen LogP contribution in [0.3, 0.4) is 0 Å². The van der Waals surface area contributed by atoms with Crippen molar-refractivity contribution in [2.24, 2.45) is 5.92 Å². The van der Waals surface area contributed by atoms with Crippen LogP contribution in [0.2, 0.25) is 0 Å². The first-order valence-electron chi connectivity index (χ1n) is 11.1. The van der Waals surface area contributed by atoms with E-state index in [4.69, 9.17) is 9.72 Å². The van der Waals surface area contributed by atoms with E-state index in [2.05, 4.69) is 0 Å². The number of aromatic nitrogens is 2. The summed E-state index contributed by atoms with van der Waals surface area (Å²) >= 11 is 0. The van der Waals surface area contributed by atoms with Gasteiger partial charge in [0, 0.05) is 0 Å². The van der Waals surface area contributed by atoms with Gasteiger partial charge >= 0.3 is 5.97 Å². The summed E-state index contributed by atoms with van der Waals surface area (Å²) in [6.45, 7) is 4.31. The van der Waals surface area contributed by atoms with E-state index in [0.717, 1.165) is 27.7 Å². The summed E-state index contributed by atoms with van der Waals surface area (Å²) in [7, 11) is 0. The molecule has 0 fully saturated rings. The third-order valence-electron chi connectivity index (χ3n) is 6.09. The lowest BCUT2D eigenvalue weighted by molar-refractivity contribution is -0.153. The molecular weight excluding hydrogens is 414 g/mol. The third-order valence-corrected chi connectivity index (χ3v) is 6.09. The Balaban J connectivity index is 1.73. The average Bonchev–Trinajstić information content (AvgIpc) is 3.21. The second-order valence-corrected chi connectivity index (χ2v) is 8.27. The van der Waals surface area contributed by atoms with Gasteiger partial charge in [0.15, 0.2) is 5.92 Å². The van der Waals surface area contributed by atoms with Crippen molar-refractivity contribution in [1.82, 2.24) is 9.55 Å². The van der Waals surface area contributed by atoms with Crippen molar-refractivity contribution in [3.63, 3.8) is 0 Å². The number of fused-ring (bicyclic) bond motifs is 3. The minimum absolute atomic E-state index is 0.208. The molecule has 2 heterocycles. The molecule has 6 nitrogen and oxygen atoms in total. The van der Waals surface area contributed by atoms with Crippen molar-refractivity contribution in [1.29, 1.82) is 0 Å². The van der Waals surface area contributed by atoms with Gasteiger partial charge in [-0.15, -0.1) is 0 Å². The topological polar surface area (TPSA) is 64.4 Å². The summed E-state index contributed by atoms with van der Waals surface area (Å²) in [6, 6.07) is 24.9. The molecule has 3 aromatic carbocycles. The number of amides is 1. The van der Waals surface area contributed by atoms with Crippen LogP contribution in [0.15, 0.2) is 78.9 Å². The highest BCUT2D eigenvalue weighted by Crippen LogP contribution is 2.41. The molecule has 2 atom stereocenters. The summed E-state index contributed by atoms with van der Waals surface area (Å²) < 4.78 is 7.42. The van der Waals surface area contributed by atoms with Gasteiger partial charge in [-0.1, -0.05) is 72.3 Å². The molecule has 0 aliphatic carbocycles. The number of benzene rings is 3. The van der Waals surface area contributed by atoms with Crippen molar-refractivity contribution in [3.05, 3.63) is 95.6 Å². The van der Waals surface area contributed by atoms with Crippen LogP contribution in [0, 0.1) is 12.8 Å². The van der Waals surface area contributed by atoms with Crippen molar-refractivity contribution in [3.8, 4) is 0 Å². The number of para-hydroxylation sites is 2. The summed E-state index contributed by atoms with van der Waals surface area (Å²) in [4.78, 5) is 33.6. The first-order chi connectivity index (χ1) is 16.1. The Bertz CT molecular complexity index is 1310. The van der Waals surface area contributed by atoms with Crippen LogP contribution >= 0.6 is 0 Å². The van der Waals surface area contributed by atoms with Crippen molar-refractivity contribution < 1.29 is 14.3 Å². The molecule has 0 N–H and O–H groups in total. The Morgan fingerprint density at radius 2 is 1.67 bits per heavy atom. The fourth-order valence-corrected chi connectivity index (χ4v) is 4.53. The van der Waals surface area contributed by atoms with E-state index < -0.39 is 17.9 Å². The van der Waals surface area contributed by atoms with Gasteiger partial charge in [-0.25, -0.2) is 4.98 Å². The zero-order valence-corrected chi connectivity index (χ0v) is 18.6. The predicted octanol–water partition coefficient (Wildman–Crippen LogP) is 4.66. The number of carbonyl (C=O) groups excluding carboxylic acids is 2. The van der Waals surface area contributed by atoms with E-state index in [-0.39, 0.29) is 12.5 Å². The monoisotopic (exact) mass is 439 g/mol. The van der Waals surface area contributed by atoms with Gasteiger partial charge in [0.1, 0.15) is 0 Å². The molecule has 1 aromatic heterocycles. The maximum Gasteiger partial charge on any atom is 0.321 e. The lowest BCUT2D eigenvalue weighted by Crippen LogP contribution is -2.49. The van der Waals surface area contributed by atoms with Crippen molar-refractivity contribution in [2.75, 3.05) is 11.5 Å². The molecule has 1 aliphatic rings. The van der Waals surface area contributed by atoms with Gasteiger partial charge in [-0.2, -0.15) is 0 Å². The maximum absolute atomic E-state index is 13.9. The molecule has 1 amide bonds. The first-order valence-corrected chi connectivity index (χ1v) is 11.1. The average molecular weight is 440 g/mol. The molecule has 4 aromatic rings. The highest BCUT2D eigenvalue weighted by atomic mass is 16.5. The fraction of sp³-hybridized carbons (Fsp3) is 0.222. The Morgan fingerprint density at radius 3 is 2.39 bits per heavy atom. The molecule has 0 spiro atoms. The number of rotatable bonds is 5. The summed E-state index contributed by atoms with van der Waals surface area (Å²) in [5, 5.41) is 0. The van der Waals surface area contributed by atoms with Crippen molar-refractivity contribution >= 4 is 28.9 Å². The second kappa shape index (κ2) is 8.54. The molecule has 33 heavy (non-hydrogen) atoms. The van der Waals surface area contributed by atoms with Gasteiger partial charge in [-0.05, 0) is 37.1 Å². The van der Waals surface area contributed by atoms with Crippen molar-refractivity contribution in [2.45, 2.75) is 26.4 Å². The summed E-state index contributed by atoms with van der Waals surface area (Å²) in [6.07, 6.45) is 0. The predicted molar refractivity (Wildman–Crippen MR) is 127 cm³/mol. The molecule has 0 saturated carbocycles. The number of nitrogens with zero attached hydrogens (tertiary/aromatic N) is 3. The number of aryl methyl sites for hydroxylation is 1. The quantitative estimate of drug-likeness (QED) is 0.335. The SMILES string of the molecule is CCOC(=O)[C@H]1C(=O)N(Cc2ccc(C)cc2)c2nc3ccccc3n2[C@@H]1c1ccccc1. The van der Waals surface area contributed by atoms with Crippen LogP contribution in [-0.2, 0) is 20.9 Å². The van der Waals surface area contributed by atoms with Crippen LogP contribution in [0.1, 0.15) is 29.7 Å². The van der Waals surface area contributed by atoms with Gasteiger partial charge < -0.3 is 9.30 Å². The zero-order valence-electron chi connectivity index (χ0n) is 18.6. The smallest absolute Gasteiger partial charge is 0.321 e. The van der Waals surface area contributed by atoms with Crippen LogP contribution in [-0.4, -0.2) is 28.0 Å². The molecule has 0 bridgehead atoms. The third kappa shape index (κ3) is 3.67. The lowest BCUT2D eigenvalue weighted by Gasteiger charge is -2.38. The molecule has 0 saturated heterocycles. The number of anilines is 1. The Morgan fingerprint density at radius 1 is 0.970 bits per heavy atom. The van der Waals surface area contributed by atoms with Gasteiger partial charge in [0.25, 0.3) is 0 Å². The Kier molecular flexibility index (Phi) is 5.42. The molecule has 0 radical (unpaired) electrons. The van der Waals surface area contributed by atoms with E-state index in [1.165, 1.54) is 0 Å². The normalized spacial score (nSPS) is 17.8. The number of ether oxygens (including phenoxy) is 1. The largest absolute Gasteiger partial charge is 0.465 e. The van der Waals surface area contributed by atoms with Crippen LogP contribution in [0.5, 0.6) is 0 Å². The van der Waals surface area contributed by atoms with Gasteiger partial charge in [-0.3, -0.25) is 14.5 Å².